The van der Waals surface area contributed by atoms with Crippen molar-refractivity contribution in [2.75, 3.05) is 24.3 Å². The molecule has 2 aromatic rings. The lowest BCUT2D eigenvalue weighted by Crippen LogP contribution is -2.22. The van der Waals surface area contributed by atoms with Gasteiger partial charge in [-0.05, 0) is 48.9 Å². The van der Waals surface area contributed by atoms with E-state index in [1.54, 1.807) is 23.9 Å². The van der Waals surface area contributed by atoms with E-state index in [9.17, 15) is 9.59 Å². The summed E-state index contributed by atoms with van der Waals surface area (Å²) in [6, 6.07) is 13.3. The number of hydrogen-bond donors (Lipinski definition) is 1. The summed E-state index contributed by atoms with van der Waals surface area (Å²) in [4.78, 5) is 25.9. The Morgan fingerprint density at radius 3 is 2.73 bits per heavy atom. The molecule has 0 bridgehead atoms. The molecule has 1 saturated heterocycles. The zero-order valence-corrected chi connectivity index (χ0v) is 18.6. The number of thioether (sulfide) groups is 1. The first-order chi connectivity index (χ1) is 14.5. The van der Waals surface area contributed by atoms with Crippen LogP contribution in [-0.2, 0) is 14.3 Å². The summed E-state index contributed by atoms with van der Waals surface area (Å²) < 4.78 is 11.0. The van der Waals surface area contributed by atoms with Crippen molar-refractivity contribution >= 4 is 29.3 Å². The number of para-hydroxylation sites is 1. The molecule has 160 valence electrons. The van der Waals surface area contributed by atoms with Crippen LogP contribution in [0, 0.1) is 6.92 Å². The van der Waals surface area contributed by atoms with Crippen molar-refractivity contribution in [3.8, 4) is 0 Å². The van der Waals surface area contributed by atoms with Crippen molar-refractivity contribution in [1.82, 2.24) is 0 Å². The van der Waals surface area contributed by atoms with Crippen LogP contribution in [0.1, 0.15) is 54.1 Å². The quantitative estimate of drug-likeness (QED) is 0.464. The molecule has 1 aliphatic rings. The molecule has 0 radical (unpaired) electrons. The standard InChI is InChI=1S/C24H29NO4S/c1-16(2)19-11-6-8-17(3)23(19)25-22(26)14-29-24(27)20-10-4-5-12-21(20)30-15-18-9-7-13-28-18/h4-6,8,10-12,16,18H,7,9,13-15H2,1-3H3,(H,25,26)/t18-/m0/s1. The molecule has 1 atom stereocenters. The van der Waals surface area contributed by atoms with E-state index in [0.29, 0.717) is 5.56 Å². The number of anilines is 1. The SMILES string of the molecule is Cc1cccc(C(C)C)c1NC(=O)COC(=O)c1ccccc1SC[C@@H]1CCCO1. The molecule has 1 fully saturated rings. The number of rotatable bonds is 8. The molecule has 6 heteroatoms. The molecule has 0 aromatic heterocycles. The second kappa shape index (κ2) is 10.6. The summed E-state index contributed by atoms with van der Waals surface area (Å²) in [5.74, 6) is 0.241. The first kappa shape index (κ1) is 22.4. The number of carbonyl (C=O) groups excluding carboxylic acids is 2. The second-order valence-electron chi connectivity index (χ2n) is 7.76. The summed E-state index contributed by atoms with van der Waals surface area (Å²) in [7, 11) is 0. The van der Waals surface area contributed by atoms with Gasteiger partial charge >= 0.3 is 5.97 Å². The Hall–Kier alpha value is -2.31. The van der Waals surface area contributed by atoms with E-state index in [0.717, 1.165) is 46.9 Å². The first-order valence-corrected chi connectivity index (χ1v) is 11.3. The molecule has 3 rings (SSSR count). The van der Waals surface area contributed by atoms with Gasteiger partial charge in [0.1, 0.15) is 0 Å². The number of ether oxygens (including phenoxy) is 2. The monoisotopic (exact) mass is 427 g/mol. The minimum atomic E-state index is -0.491. The second-order valence-corrected chi connectivity index (χ2v) is 8.82. The Morgan fingerprint density at radius 1 is 1.20 bits per heavy atom. The average Bonchev–Trinajstić information content (AvgIpc) is 3.25. The summed E-state index contributed by atoms with van der Waals surface area (Å²) in [6.07, 6.45) is 2.37. The van der Waals surface area contributed by atoms with E-state index < -0.39 is 5.97 Å². The fourth-order valence-electron chi connectivity index (χ4n) is 3.45. The van der Waals surface area contributed by atoms with Crippen LogP contribution in [0.15, 0.2) is 47.4 Å². The Kier molecular flexibility index (Phi) is 7.94. The van der Waals surface area contributed by atoms with Gasteiger partial charge in [-0.2, -0.15) is 0 Å². The molecular weight excluding hydrogens is 398 g/mol. The molecule has 1 amide bonds. The van der Waals surface area contributed by atoms with Gasteiger partial charge in [-0.15, -0.1) is 11.8 Å². The van der Waals surface area contributed by atoms with Crippen LogP contribution < -0.4 is 5.32 Å². The molecule has 1 aliphatic heterocycles. The van der Waals surface area contributed by atoms with Crippen molar-refractivity contribution in [1.29, 1.82) is 0 Å². The van der Waals surface area contributed by atoms with Crippen LogP contribution >= 0.6 is 11.8 Å². The fourth-order valence-corrected chi connectivity index (χ4v) is 4.56. The Bertz CT molecular complexity index is 891. The van der Waals surface area contributed by atoms with Crippen LogP contribution in [0.3, 0.4) is 0 Å². The smallest absolute Gasteiger partial charge is 0.339 e. The molecule has 2 aromatic carbocycles. The minimum absolute atomic E-state index is 0.231. The third kappa shape index (κ3) is 5.86. The van der Waals surface area contributed by atoms with Crippen molar-refractivity contribution in [2.45, 2.75) is 50.5 Å². The van der Waals surface area contributed by atoms with E-state index in [4.69, 9.17) is 9.47 Å². The number of amides is 1. The van der Waals surface area contributed by atoms with Crippen molar-refractivity contribution in [3.05, 3.63) is 59.2 Å². The Morgan fingerprint density at radius 2 is 2.00 bits per heavy atom. The first-order valence-electron chi connectivity index (χ1n) is 10.4. The van der Waals surface area contributed by atoms with Gasteiger partial charge in [-0.1, -0.05) is 44.2 Å². The largest absolute Gasteiger partial charge is 0.452 e. The molecule has 1 N–H and O–H groups in total. The maximum Gasteiger partial charge on any atom is 0.339 e. The van der Waals surface area contributed by atoms with Gasteiger partial charge in [0.15, 0.2) is 6.61 Å². The zero-order valence-electron chi connectivity index (χ0n) is 17.8. The Labute approximate surface area is 182 Å². The molecule has 30 heavy (non-hydrogen) atoms. The number of carbonyl (C=O) groups is 2. The van der Waals surface area contributed by atoms with E-state index in [1.165, 1.54) is 0 Å². The van der Waals surface area contributed by atoms with Gasteiger partial charge in [0.25, 0.3) is 5.91 Å². The summed E-state index contributed by atoms with van der Waals surface area (Å²) in [5.41, 5.74) is 3.32. The predicted octanol–water partition coefficient (Wildman–Crippen LogP) is 5.19. The number of nitrogens with one attached hydrogen (secondary N) is 1. The number of aryl methyl sites for hydroxylation is 1. The van der Waals surface area contributed by atoms with E-state index in [1.807, 2.05) is 37.3 Å². The fraction of sp³-hybridized carbons (Fsp3) is 0.417. The maximum absolute atomic E-state index is 12.6. The van der Waals surface area contributed by atoms with Gasteiger partial charge < -0.3 is 14.8 Å². The van der Waals surface area contributed by atoms with Crippen molar-refractivity contribution < 1.29 is 19.1 Å². The lowest BCUT2D eigenvalue weighted by molar-refractivity contribution is -0.119. The predicted molar refractivity (Wildman–Crippen MR) is 120 cm³/mol. The highest BCUT2D eigenvalue weighted by molar-refractivity contribution is 7.99. The van der Waals surface area contributed by atoms with Gasteiger partial charge in [-0.25, -0.2) is 4.79 Å². The van der Waals surface area contributed by atoms with Crippen molar-refractivity contribution in [3.63, 3.8) is 0 Å². The normalized spacial score (nSPS) is 15.9. The van der Waals surface area contributed by atoms with Crippen LogP contribution in [0.4, 0.5) is 5.69 Å². The number of benzene rings is 2. The zero-order chi connectivity index (χ0) is 21.5. The van der Waals surface area contributed by atoms with E-state index >= 15 is 0 Å². The number of esters is 1. The molecule has 5 nitrogen and oxygen atoms in total. The van der Waals surface area contributed by atoms with Crippen molar-refractivity contribution in [2.24, 2.45) is 0 Å². The van der Waals surface area contributed by atoms with Gasteiger partial charge in [0.05, 0.1) is 11.7 Å². The molecule has 0 saturated carbocycles. The lowest BCUT2D eigenvalue weighted by Gasteiger charge is -2.16. The van der Waals surface area contributed by atoms with Crippen LogP contribution in [0.25, 0.3) is 0 Å². The van der Waals surface area contributed by atoms with Gasteiger partial charge in [0.2, 0.25) is 0 Å². The maximum atomic E-state index is 12.6. The molecule has 0 unspecified atom stereocenters. The topological polar surface area (TPSA) is 64.6 Å². The van der Waals surface area contributed by atoms with E-state index in [-0.39, 0.29) is 24.5 Å². The van der Waals surface area contributed by atoms with Crippen LogP contribution in [-0.4, -0.2) is 36.9 Å². The Balaban J connectivity index is 1.59. The molecule has 0 spiro atoms. The lowest BCUT2D eigenvalue weighted by atomic mass is 9.98. The molecule has 0 aliphatic carbocycles. The average molecular weight is 428 g/mol. The van der Waals surface area contributed by atoms with Crippen LogP contribution in [0.5, 0.6) is 0 Å². The third-order valence-corrected chi connectivity index (χ3v) is 6.29. The summed E-state index contributed by atoms with van der Waals surface area (Å²) >= 11 is 1.59. The molecular formula is C24H29NO4S. The summed E-state index contributed by atoms with van der Waals surface area (Å²) in [5, 5.41) is 2.91. The summed E-state index contributed by atoms with van der Waals surface area (Å²) in [6.45, 7) is 6.60. The highest BCUT2D eigenvalue weighted by atomic mass is 32.2. The highest BCUT2D eigenvalue weighted by Crippen LogP contribution is 2.28. The molecule has 1 heterocycles. The highest BCUT2D eigenvalue weighted by Gasteiger charge is 2.19. The van der Waals surface area contributed by atoms with Gasteiger partial charge in [-0.3, -0.25) is 4.79 Å². The van der Waals surface area contributed by atoms with E-state index in [2.05, 4.69) is 19.2 Å². The number of hydrogen-bond acceptors (Lipinski definition) is 5. The minimum Gasteiger partial charge on any atom is -0.452 e. The van der Waals surface area contributed by atoms with Gasteiger partial charge in [0, 0.05) is 22.9 Å². The van der Waals surface area contributed by atoms with Crippen LogP contribution in [0.2, 0.25) is 0 Å². The third-order valence-electron chi connectivity index (χ3n) is 5.08.